The van der Waals surface area contributed by atoms with Crippen LogP contribution in [0.4, 0.5) is 0 Å². The van der Waals surface area contributed by atoms with Gasteiger partial charge in [-0.2, -0.15) is 0 Å². The molecule has 1 aliphatic carbocycles. The van der Waals surface area contributed by atoms with Crippen molar-refractivity contribution >= 4 is 5.78 Å². The van der Waals surface area contributed by atoms with Gasteiger partial charge in [0.15, 0.2) is 0 Å². The molecule has 2 atom stereocenters. The Morgan fingerprint density at radius 2 is 2.00 bits per heavy atom. The van der Waals surface area contributed by atoms with Crippen molar-refractivity contribution < 1.29 is 4.79 Å². The molecule has 14 heavy (non-hydrogen) atoms. The van der Waals surface area contributed by atoms with Crippen LogP contribution in [0.25, 0.3) is 0 Å². The maximum absolute atomic E-state index is 11.8. The predicted octanol–water partition coefficient (Wildman–Crippen LogP) is 2.51. The van der Waals surface area contributed by atoms with Crippen LogP contribution >= 0.6 is 0 Å². The van der Waals surface area contributed by atoms with Crippen molar-refractivity contribution in [2.75, 3.05) is 0 Å². The Morgan fingerprint density at radius 3 is 2.50 bits per heavy atom. The van der Waals surface area contributed by atoms with Crippen LogP contribution in [0.3, 0.4) is 0 Å². The summed E-state index contributed by atoms with van der Waals surface area (Å²) in [6.07, 6.45) is 6.80. The van der Waals surface area contributed by atoms with Crippen LogP contribution in [-0.2, 0) is 4.79 Å². The van der Waals surface area contributed by atoms with E-state index < -0.39 is 0 Å². The first-order valence-corrected chi connectivity index (χ1v) is 5.93. The summed E-state index contributed by atoms with van der Waals surface area (Å²) >= 11 is 0. The molecule has 0 saturated heterocycles. The summed E-state index contributed by atoms with van der Waals surface area (Å²) in [6.45, 7) is 4.16. The van der Waals surface area contributed by atoms with Gasteiger partial charge in [-0.3, -0.25) is 4.79 Å². The zero-order chi connectivity index (χ0) is 10.6. The minimum Gasteiger partial charge on any atom is -0.321 e. The lowest BCUT2D eigenvalue weighted by atomic mass is 9.90. The van der Waals surface area contributed by atoms with Gasteiger partial charge in [0, 0.05) is 6.42 Å². The number of ketones is 1. The standard InChI is InChI=1S/C12H23NO/c1-3-9(2)12(13)11(14)8-10-6-4-5-7-10/h9-10,12H,3-8,13H2,1-2H3. The molecule has 2 heteroatoms. The lowest BCUT2D eigenvalue weighted by Gasteiger charge is -2.18. The van der Waals surface area contributed by atoms with Crippen molar-refractivity contribution in [3.8, 4) is 0 Å². The lowest BCUT2D eigenvalue weighted by Crippen LogP contribution is -2.37. The van der Waals surface area contributed by atoms with Crippen LogP contribution in [0.1, 0.15) is 52.4 Å². The number of Topliss-reactive ketones (excluding diaryl/α,β-unsaturated/α-hetero) is 1. The van der Waals surface area contributed by atoms with Crippen molar-refractivity contribution in [1.29, 1.82) is 0 Å². The van der Waals surface area contributed by atoms with Crippen molar-refractivity contribution in [2.45, 2.75) is 58.4 Å². The molecule has 0 aromatic rings. The van der Waals surface area contributed by atoms with E-state index in [4.69, 9.17) is 5.73 Å². The molecule has 0 amide bonds. The van der Waals surface area contributed by atoms with E-state index >= 15 is 0 Å². The third-order valence-electron chi connectivity index (χ3n) is 3.59. The van der Waals surface area contributed by atoms with Crippen LogP contribution in [0.5, 0.6) is 0 Å². The van der Waals surface area contributed by atoms with E-state index in [9.17, 15) is 4.79 Å². The fourth-order valence-electron chi connectivity index (χ4n) is 2.21. The van der Waals surface area contributed by atoms with E-state index in [0.717, 1.165) is 12.8 Å². The number of rotatable bonds is 5. The first-order valence-electron chi connectivity index (χ1n) is 5.93. The van der Waals surface area contributed by atoms with Crippen LogP contribution in [0.2, 0.25) is 0 Å². The highest BCUT2D eigenvalue weighted by Gasteiger charge is 2.24. The van der Waals surface area contributed by atoms with E-state index in [0.29, 0.717) is 11.8 Å². The largest absolute Gasteiger partial charge is 0.321 e. The third-order valence-corrected chi connectivity index (χ3v) is 3.59. The highest BCUT2D eigenvalue weighted by atomic mass is 16.1. The van der Waals surface area contributed by atoms with Crippen LogP contribution in [0, 0.1) is 11.8 Å². The number of hydrogen-bond acceptors (Lipinski definition) is 2. The van der Waals surface area contributed by atoms with Gasteiger partial charge < -0.3 is 5.73 Å². The van der Waals surface area contributed by atoms with Crippen molar-refractivity contribution in [1.82, 2.24) is 0 Å². The normalized spacial score (nSPS) is 22.2. The van der Waals surface area contributed by atoms with Gasteiger partial charge >= 0.3 is 0 Å². The SMILES string of the molecule is CCC(C)C(N)C(=O)CC1CCCC1. The Hall–Kier alpha value is -0.370. The second kappa shape index (κ2) is 5.50. The molecular weight excluding hydrogens is 174 g/mol. The molecule has 2 nitrogen and oxygen atoms in total. The molecule has 1 saturated carbocycles. The molecule has 1 aliphatic rings. The van der Waals surface area contributed by atoms with Crippen LogP contribution in [0.15, 0.2) is 0 Å². The summed E-state index contributed by atoms with van der Waals surface area (Å²) in [5.41, 5.74) is 5.90. The van der Waals surface area contributed by atoms with Gasteiger partial charge in [0.25, 0.3) is 0 Å². The average Bonchev–Trinajstić information content (AvgIpc) is 2.68. The Morgan fingerprint density at radius 1 is 1.43 bits per heavy atom. The maximum Gasteiger partial charge on any atom is 0.150 e. The summed E-state index contributed by atoms with van der Waals surface area (Å²) in [5, 5.41) is 0. The van der Waals surface area contributed by atoms with Crippen LogP contribution < -0.4 is 5.73 Å². The van der Waals surface area contributed by atoms with Crippen molar-refractivity contribution in [3.63, 3.8) is 0 Å². The maximum atomic E-state index is 11.8. The molecule has 2 N–H and O–H groups in total. The van der Waals surface area contributed by atoms with Crippen molar-refractivity contribution in [3.05, 3.63) is 0 Å². The summed E-state index contributed by atoms with van der Waals surface area (Å²) in [7, 11) is 0. The van der Waals surface area contributed by atoms with E-state index in [1.165, 1.54) is 25.7 Å². The van der Waals surface area contributed by atoms with Gasteiger partial charge in [0.05, 0.1) is 6.04 Å². The Bertz CT molecular complexity index is 185. The Labute approximate surface area is 87.2 Å². The number of hydrogen-bond donors (Lipinski definition) is 1. The number of nitrogens with two attached hydrogens (primary N) is 1. The lowest BCUT2D eigenvalue weighted by molar-refractivity contribution is -0.122. The second-order valence-corrected chi connectivity index (χ2v) is 4.73. The first-order chi connectivity index (χ1) is 6.65. The topological polar surface area (TPSA) is 43.1 Å². The molecular formula is C12H23NO. The van der Waals surface area contributed by atoms with Gasteiger partial charge in [-0.25, -0.2) is 0 Å². The summed E-state index contributed by atoms with van der Waals surface area (Å²) < 4.78 is 0. The number of carbonyl (C=O) groups is 1. The zero-order valence-corrected chi connectivity index (χ0v) is 9.46. The molecule has 1 rings (SSSR count). The van der Waals surface area contributed by atoms with E-state index in [-0.39, 0.29) is 11.8 Å². The molecule has 0 aliphatic heterocycles. The van der Waals surface area contributed by atoms with Crippen LogP contribution in [-0.4, -0.2) is 11.8 Å². The Balaban J connectivity index is 2.32. The summed E-state index contributed by atoms with van der Waals surface area (Å²) in [4.78, 5) is 11.8. The molecule has 2 unspecified atom stereocenters. The molecule has 0 radical (unpaired) electrons. The average molecular weight is 197 g/mol. The molecule has 0 aromatic heterocycles. The van der Waals surface area contributed by atoms with Gasteiger partial charge in [0.2, 0.25) is 0 Å². The summed E-state index contributed by atoms with van der Waals surface area (Å²) in [6, 6.07) is -0.222. The van der Waals surface area contributed by atoms with Gasteiger partial charge in [0.1, 0.15) is 5.78 Å². The molecule has 0 heterocycles. The fourth-order valence-corrected chi connectivity index (χ4v) is 2.21. The minimum absolute atomic E-state index is 0.222. The molecule has 0 bridgehead atoms. The van der Waals surface area contributed by atoms with Gasteiger partial charge in [-0.1, -0.05) is 46.0 Å². The quantitative estimate of drug-likeness (QED) is 0.736. The third kappa shape index (κ3) is 3.09. The molecule has 0 spiro atoms. The first kappa shape index (κ1) is 11.7. The van der Waals surface area contributed by atoms with E-state index in [2.05, 4.69) is 13.8 Å². The highest BCUT2D eigenvalue weighted by Crippen LogP contribution is 2.28. The molecule has 82 valence electrons. The molecule has 0 aromatic carbocycles. The number of carbonyl (C=O) groups excluding carboxylic acids is 1. The van der Waals surface area contributed by atoms with E-state index in [1.54, 1.807) is 0 Å². The summed E-state index contributed by atoms with van der Waals surface area (Å²) in [5.74, 6) is 1.26. The Kier molecular flexibility index (Phi) is 4.59. The predicted molar refractivity (Wildman–Crippen MR) is 59.0 cm³/mol. The molecule has 1 fully saturated rings. The minimum atomic E-state index is -0.222. The zero-order valence-electron chi connectivity index (χ0n) is 9.46. The van der Waals surface area contributed by atoms with Crippen molar-refractivity contribution in [2.24, 2.45) is 17.6 Å². The highest BCUT2D eigenvalue weighted by molar-refractivity contribution is 5.84. The fraction of sp³-hybridized carbons (Fsp3) is 0.917. The monoisotopic (exact) mass is 197 g/mol. The van der Waals surface area contributed by atoms with E-state index in [1.807, 2.05) is 0 Å². The second-order valence-electron chi connectivity index (χ2n) is 4.73. The smallest absolute Gasteiger partial charge is 0.150 e. The van der Waals surface area contributed by atoms with Gasteiger partial charge in [-0.15, -0.1) is 0 Å². The van der Waals surface area contributed by atoms with Gasteiger partial charge in [-0.05, 0) is 11.8 Å².